The van der Waals surface area contributed by atoms with Crippen molar-refractivity contribution in [1.29, 1.82) is 0 Å². The summed E-state index contributed by atoms with van der Waals surface area (Å²) in [6, 6.07) is 1.18. The van der Waals surface area contributed by atoms with Crippen LogP contribution in [0.25, 0.3) is 0 Å². The Morgan fingerprint density at radius 1 is 1.62 bits per heavy atom. The third-order valence-corrected chi connectivity index (χ3v) is 2.93. The Hall–Kier alpha value is -0.580. The summed E-state index contributed by atoms with van der Waals surface area (Å²) in [6.07, 6.45) is 0.456. The molecule has 90 valence electrons. The smallest absolute Gasteiger partial charge is 0.323 e. The maximum absolute atomic E-state index is 11.6. The van der Waals surface area contributed by atoms with Crippen molar-refractivity contribution >= 4 is 28.9 Å². The molecule has 3 nitrogen and oxygen atoms in total. The fourth-order valence-electron chi connectivity index (χ4n) is 1.17. The standard InChI is InChI=1S/C11H16ClNO2S/c1-11(2,3)15-10(14)8(13)4-7-5-9(12)16-6-7/h5-6,8H,4,13H2,1-3H3. The highest BCUT2D eigenvalue weighted by atomic mass is 35.5. The lowest BCUT2D eigenvalue weighted by molar-refractivity contribution is -0.156. The lowest BCUT2D eigenvalue weighted by Gasteiger charge is -2.21. The van der Waals surface area contributed by atoms with Gasteiger partial charge in [-0.05, 0) is 44.2 Å². The Balaban J connectivity index is 2.52. The minimum absolute atomic E-state index is 0.380. The van der Waals surface area contributed by atoms with Crippen molar-refractivity contribution in [2.24, 2.45) is 5.73 Å². The third-order valence-electron chi connectivity index (χ3n) is 1.79. The highest BCUT2D eigenvalue weighted by molar-refractivity contribution is 7.14. The maximum atomic E-state index is 11.6. The predicted octanol–water partition coefficient (Wildman–Crippen LogP) is 2.61. The molecule has 0 bridgehead atoms. The van der Waals surface area contributed by atoms with Gasteiger partial charge < -0.3 is 10.5 Å². The molecular weight excluding hydrogens is 246 g/mol. The highest BCUT2D eigenvalue weighted by Gasteiger charge is 2.22. The zero-order chi connectivity index (χ0) is 12.3. The lowest BCUT2D eigenvalue weighted by atomic mass is 10.1. The molecule has 0 radical (unpaired) electrons. The molecule has 0 fully saturated rings. The summed E-state index contributed by atoms with van der Waals surface area (Å²) in [5.41, 5.74) is 6.22. The van der Waals surface area contributed by atoms with Crippen molar-refractivity contribution in [1.82, 2.24) is 0 Å². The average molecular weight is 262 g/mol. The van der Waals surface area contributed by atoms with Crippen molar-refractivity contribution in [3.05, 3.63) is 21.3 Å². The van der Waals surface area contributed by atoms with Crippen molar-refractivity contribution in [3.8, 4) is 0 Å². The van der Waals surface area contributed by atoms with Crippen LogP contribution in [0.5, 0.6) is 0 Å². The number of esters is 1. The van der Waals surface area contributed by atoms with E-state index in [1.54, 1.807) is 0 Å². The van der Waals surface area contributed by atoms with E-state index in [4.69, 9.17) is 22.1 Å². The number of thiophene rings is 1. The van der Waals surface area contributed by atoms with Crippen molar-refractivity contribution < 1.29 is 9.53 Å². The van der Waals surface area contributed by atoms with Gasteiger partial charge in [0.2, 0.25) is 0 Å². The zero-order valence-electron chi connectivity index (χ0n) is 9.62. The van der Waals surface area contributed by atoms with Gasteiger partial charge in [0.1, 0.15) is 11.6 Å². The summed E-state index contributed by atoms with van der Waals surface area (Å²) >= 11 is 7.22. The molecule has 0 saturated heterocycles. The van der Waals surface area contributed by atoms with Gasteiger partial charge in [-0.1, -0.05) is 11.6 Å². The molecule has 0 aliphatic rings. The van der Waals surface area contributed by atoms with Crippen LogP contribution in [0.4, 0.5) is 0 Å². The van der Waals surface area contributed by atoms with E-state index in [0.717, 1.165) is 5.56 Å². The second kappa shape index (κ2) is 5.17. The molecule has 0 aliphatic heterocycles. The first kappa shape index (κ1) is 13.5. The summed E-state index contributed by atoms with van der Waals surface area (Å²) in [5, 5.41) is 1.90. The maximum Gasteiger partial charge on any atom is 0.323 e. The summed E-state index contributed by atoms with van der Waals surface area (Å²) in [4.78, 5) is 11.6. The fraction of sp³-hybridized carbons (Fsp3) is 0.545. The number of hydrogen-bond acceptors (Lipinski definition) is 4. The molecule has 1 rings (SSSR count). The van der Waals surface area contributed by atoms with E-state index in [0.29, 0.717) is 10.8 Å². The molecule has 1 unspecified atom stereocenters. The van der Waals surface area contributed by atoms with Crippen LogP contribution in [0.1, 0.15) is 26.3 Å². The van der Waals surface area contributed by atoms with Gasteiger partial charge >= 0.3 is 5.97 Å². The van der Waals surface area contributed by atoms with E-state index in [2.05, 4.69) is 0 Å². The molecule has 0 saturated carbocycles. The molecule has 2 N–H and O–H groups in total. The molecular formula is C11H16ClNO2S. The van der Waals surface area contributed by atoms with Gasteiger partial charge in [0.25, 0.3) is 0 Å². The van der Waals surface area contributed by atoms with E-state index < -0.39 is 11.6 Å². The van der Waals surface area contributed by atoms with E-state index in [9.17, 15) is 4.79 Å². The molecule has 1 aromatic rings. The van der Waals surface area contributed by atoms with Crippen LogP contribution in [0.15, 0.2) is 11.4 Å². The van der Waals surface area contributed by atoms with Crippen LogP contribution in [-0.4, -0.2) is 17.6 Å². The Labute approximate surface area is 105 Å². The molecule has 0 amide bonds. The Morgan fingerprint density at radius 3 is 2.69 bits per heavy atom. The van der Waals surface area contributed by atoms with E-state index in [1.165, 1.54) is 11.3 Å². The second-order valence-corrected chi connectivity index (χ2v) is 6.15. The summed E-state index contributed by atoms with van der Waals surface area (Å²) in [7, 11) is 0. The van der Waals surface area contributed by atoms with Crippen LogP contribution in [0.3, 0.4) is 0 Å². The Morgan fingerprint density at radius 2 is 2.25 bits per heavy atom. The quantitative estimate of drug-likeness (QED) is 0.851. The highest BCUT2D eigenvalue weighted by Crippen LogP contribution is 2.21. The molecule has 1 aromatic heterocycles. The normalized spacial score (nSPS) is 13.6. The van der Waals surface area contributed by atoms with Gasteiger partial charge in [0.15, 0.2) is 0 Å². The van der Waals surface area contributed by atoms with Crippen molar-refractivity contribution in [2.45, 2.75) is 38.8 Å². The topological polar surface area (TPSA) is 52.3 Å². The Kier molecular flexibility index (Phi) is 4.35. The molecule has 1 atom stereocenters. The third kappa shape index (κ3) is 4.51. The van der Waals surface area contributed by atoms with Crippen LogP contribution >= 0.6 is 22.9 Å². The molecule has 1 heterocycles. The van der Waals surface area contributed by atoms with Gasteiger partial charge in [-0.15, -0.1) is 11.3 Å². The molecule has 0 aliphatic carbocycles. The van der Waals surface area contributed by atoms with Gasteiger partial charge in [0, 0.05) is 0 Å². The summed E-state index contributed by atoms with van der Waals surface area (Å²) in [6.45, 7) is 5.46. The van der Waals surface area contributed by atoms with E-state index in [1.807, 2.05) is 32.2 Å². The molecule has 0 aromatic carbocycles. The van der Waals surface area contributed by atoms with Gasteiger partial charge in [-0.2, -0.15) is 0 Å². The predicted molar refractivity (Wildman–Crippen MR) is 66.9 cm³/mol. The first-order valence-electron chi connectivity index (χ1n) is 4.99. The number of carbonyl (C=O) groups is 1. The number of ether oxygens (including phenoxy) is 1. The average Bonchev–Trinajstić information content (AvgIpc) is 2.48. The lowest BCUT2D eigenvalue weighted by Crippen LogP contribution is -2.38. The monoisotopic (exact) mass is 261 g/mol. The largest absolute Gasteiger partial charge is 0.459 e. The number of nitrogens with two attached hydrogens (primary N) is 1. The first-order valence-corrected chi connectivity index (χ1v) is 6.25. The Bertz CT molecular complexity index is 370. The van der Waals surface area contributed by atoms with Gasteiger partial charge in [-0.25, -0.2) is 0 Å². The SMILES string of the molecule is CC(C)(C)OC(=O)C(N)Cc1csc(Cl)c1. The van der Waals surface area contributed by atoms with Crippen molar-refractivity contribution in [2.75, 3.05) is 0 Å². The van der Waals surface area contributed by atoms with Crippen LogP contribution in [0, 0.1) is 0 Å². The summed E-state index contributed by atoms with van der Waals surface area (Å²) in [5.74, 6) is -0.380. The number of halogens is 1. The van der Waals surface area contributed by atoms with Crippen LogP contribution in [-0.2, 0) is 16.0 Å². The van der Waals surface area contributed by atoms with Gasteiger partial charge in [0.05, 0.1) is 4.34 Å². The molecule has 0 spiro atoms. The van der Waals surface area contributed by atoms with Crippen LogP contribution in [0.2, 0.25) is 4.34 Å². The fourth-order valence-corrected chi connectivity index (χ4v) is 2.09. The second-order valence-electron chi connectivity index (χ2n) is 4.60. The molecule has 5 heteroatoms. The minimum atomic E-state index is -0.634. The number of rotatable bonds is 3. The van der Waals surface area contributed by atoms with E-state index >= 15 is 0 Å². The summed E-state index contributed by atoms with van der Waals surface area (Å²) < 4.78 is 5.89. The minimum Gasteiger partial charge on any atom is -0.459 e. The first-order chi connectivity index (χ1) is 7.28. The number of hydrogen-bond donors (Lipinski definition) is 1. The number of carbonyl (C=O) groups excluding carboxylic acids is 1. The van der Waals surface area contributed by atoms with E-state index in [-0.39, 0.29) is 5.97 Å². The molecule has 16 heavy (non-hydrogen) atoms. The zero-order valence-corrected chi connectivity index (χ0v) is 11.2. The van der Waals surface area contributed by atoms with Gasteiger partial charge in [-0.3, -0.25) is 4.79 Å². The van der Waals surface area contributed by atoms with Crippen LogP contribution < -0.4 is 5.73 Å². The van der Waals surface area contributed by atoms with Crippen molar-refractivity contribution in [3.63, 3.8) is 0 Å².